The molecule has 2 aromatic carbocycles. The summed E-state index contributed by atoms with van der Waals surface area (Å²) in [4.78, 5) is 16.8. The van der Waals surface area contributed by atoms with Gasteiger partial charge in [-0.2, -0.15) is 0 Å². The average molecular weight is 454 g/mol. The van der Waals surface area contributed by atoms with Gasteiger partial charge in [-0.1, -0.05) is 30.3 Å². The van der Waals surface area contributed by atoms with Crippen molar-refractivity contribution in [3.63, 3.8) is 0 Å². The largest absolute Gasteiger partial charge is 0.487 e. The highest BCUT2D eigenvalue weighted by atomic mass is 19.1. The zero-order chi connectivity index (χ0) is 23.8. The summed E-state index contributed by atoms with van der Waals surface area (Å²) in [5.41, 5.74) is 6.81. The second kappa shape index (κ2) is 11.1. The first kappa shape index (κ1) is 23.8. The number of nitrogen functional groups attached to an aromatic ring is 1. The number of nitrogens with two attached hydrogens (primary N) is 1. The number of pyridine rings is 1. The number of rotatable bonds is 10. The number of carbonyl (C=O) groups excluding carboxylic acids is 1. The highest BCUT2D eigenvalue weighted by Gasteiger charge is 2.28. The molecule has 0 aliphatic heterocycles. The second-order valence-corrected chi connectivity index (χ2v) is 7.07. The van der Waals surface area contributed by atoms with Gasteiger partial charge in [0.1, 0.15) is 29.8 Å². The zero-order valence-corrected chi connectivity index (χ0v) is 18.0. The molecule has 3 aromatic rings. The fraction of sp³-hybridized carbons (Fsp3) is 0.208. The Morgan fingerprint density at radius 2 is 1.85 bits per heavy atom. The lowest BCUT2D eigenvalue weighted by molar-refractivity contribution is -0.133. The van der Waals surface area contributed by atoms with Gasteiger partial charge >= 0.3 is 0 Å². The van der Waals surface area contributed by atoms with Gasteiger partial charge in [0.2, 0.25) is 0 Å². The molecule has 7 nitrogen and oxygen atoms in total. The van der Waals surface area contributed by atoms with E-state index in [9.17, 15) is 13.6 Å². The van der Waals surface area contributed by atoms with Crippen LogP contribution in [-0.2, 0) is 22.7 Å². The number of nitrogens with zero attached hydrogens (tertiary/aromatic N) is 1. The van der Waals surface area contributed by atoms with E-state index >= 15 is 0 Å². The van der Waals surface area contributed by atoms with Gasteiger partial charge in [0.15, 0.2) is 6.10 Å². The van der Waals surface area contributed by atoms with Crippen molar-refractivity contribution in [1.29, 1.82) is 5.41 Å². The fourth-order valence-electron chi connectivity index (χ4n) is 3.08. The van der Waals surface area contributed by atoms with Crippen molar-refractivity contribution in [2.75, 3.05) is 6.61 Å². The standard InChI is InChI=1S/C24H24F2N4O3/c1-2-32-22(24(31)30-13-15-6-8-16(9-7-15)23(27)28)21-19(25)11-18(12-20(21)26)33-14-17-5-3-4-10-29-17/h3-12,22H,2,13-14H2,1H3,(H3,27,28)(H,30,31)/t22-/m0/s1. The molecule has 172 valence electrons. The Morgan fingerprint density at radius 3 is 2.42 bits per heavy atom. The molecule has 33 heavy (non-hydrogen) atoms. The van der Waals surface area contributed by atoms with Gasteiger partial charge in [0.25, 0.3) is 5.91 Å². The number of hydrogen-bond donors (Lipinski definition) is 3. The highest BCUT2D eigenvalue weighted by Crippen LogP contribution is 2.29. The topological polar surface area (TPSA) is 110 Å². The van der Waals surface area contributed by atoms with Crippen molar-refractivity contribution in [1.82, 2.24) is 10.3 Å². The van der Waals surface area contributed by atoms with Gasteiger partial charge in [-0.15, -0.1) is 0 Å². The maximum atomic E-state index is 14.8. The smallest absolute Gasteiger partial charge is 0.254 e. The van der Waals surface area contributed by atoms with Crippen molar-refractivity contribution >= 4 is 11.7 Å². The number of ether oxygens (including phenoxy) is 2. The van der Waals surface area contributed by atoms with Gasteiger partial charge in [0, 0.05) is 37.0 Å². The van der Waals surface area contributed by atoms with Gasteiger partial charge < -0.3 is 20.5 Å². The third-order valence-corrected chi connectivity index (χ3v) is 4.73. The molecule has 0 fully saturated rings. The number of aromatic nitrogens is 1. The summed E-state index contributed by atoms with van der Waals surface area (Å²) in [5, 5.41) is 10.0. The van der Waals surface area contributed by atoms with E-state index in [1.807, 2.05) is 0 Å². The molecule has 0 aliphatic carbocycles. The molecule has 1 atom stereocenters. The molecule has 4 N–H and O–H groups in total. The third kappa shape index (κ3) is 6.33. The summed E-state index contributed by atoms with van der Waals surface area (Å²) >= 11 is 0. The monoisotopic (exact) mass is 454 g/mol. The number of carbonyl (C=O) groups is 1. The molecule has 0 bridgehead atoms. The van der Waals surface area contributed by atoms with Crippen molar-refractivity contribution < 1.29 is 23.0 Å². The number of benzene rings is 2. The van der Waals surface area contributed by atoms with E-state index < -0.39 is 29.2 Å². The van der Waals surface area contributed by atoms with Crippen molar-refractivity contribution in [2.45, 2.75) is 26.2 Å². The molecule has 0 radical (unpaired) electrons. The first-order valence-corrected chi connectivity index (χ1v) is 10.2. The van der Waals surface area contributed by atoms with Crippen molar-refractivity contribution in [2.24, 2.45) is 5.73 Å². The van der Waals surface area contributed by atoms with Gasteiger partial charge in [-0.3, -0.25) is 15.2 Å². The molecule has 0 spiro atoms. The van der Waals surface area contributed by atoms with Crippen LogP contribution in [0.2, 0.25) is 0 Å². The molecule has 9 heteroatoms. The predicted molar refractivity (Wildman–Crippen MR) is 119 cm³/mol. The summed E-state index contributed by atoms with van der Waals surface area (Å²) < 4.78 is 40.5. The number of amidine groups is 1. The Balaban J connectivity index is 1.71. The zero-order valence-electron chi connectivity index (χ0n) is 18.0. The maximum absolute atomic E-state index is 14.8. The highest BCUT2D eigenvalue weighted by molar-refractivity contribution is 5.94. The molecule has 0 unspecified atom stereocenters. The summed E-state index contributed by atoms with van der Waals surface area (Å²) in [6.45, 7) is 1.84. The Bertz CT molecular complexity index is 1090. The van der Waals surface area contributed by atoms with Crippen LogP contribution in [0.3, 0.4) is 0 Å². The minimum atomic E-state index is -1.48. The van der Waals surface area contributed by atoms with E-state index in [1.54, 1.807) is 55.6 Å². The van der Waals surface area contributed by atoms with Gasteiger partial charge in [0.05, 0.1) is 11.3 Å². The van der Waals surface area contributed by atoms with Crippen LogP contribution in [0, 0.1) is 17.0 Å². The number of halogens is 2. The van der Waals surface area contributed by atoms with Crippen LogP contribution in [0.15, 0.2) is 60.8 Å². The molecule has 0 aliphatic rings. The first-order valence-electron chi connectivity index (χ1n) is 10.2. The molecule has 1 amide bonds. The van der Waals surface area contributed by atoms with E-state index in [1.165, 1.54) is 0 Å². The minimum absolute atomic E-state index is 0.0272. The van der Waals surface area contributed by atoms with Crippen LogP contribution in [0.25, 0.3) is 0 Å². The quantitative estimate of drug-likeness (QED) is 0.320. The Hall–Kier alpha value is -3.85. The lowest BCUT2D eigenvalue weighted by atomic mass is 10.1. The summed E-state index contributed by atoms with van der Waals surface area (Å²) in [6, 6.07) is 14.0. The normalized spacial score (nSPS) is 11.6. The van der Waals surface area contributed by atoms with Crippen LogP contribution in [0.4, 0.5) is 8.78 Å². The van der Waals surface area contributed by atoms with E-state index in [4.69, 9.17) is 20.6 Å². The SMILES string of the molecule is CCO[C@H](C(=O)NCc1ccc(C(=N)N)cc1)c1c(F)cc(OCc2ccccn2)cc1F. The third-order valence-electron chi connectivity index (χ3n) is 4.73. The fourth-order valence-corrected chi connectivity index (χ4v) is 3.08. The molecule has 0 saturated heterocycles. The van der Waals surface area contributed by atoms with Crippen LogP contribution in [0.5, 0.6) is 5.75 Å². The molecule has 3 rings (SSSR count). The van der Waals surface area contributed by atoms with Crippen molar-refractivity contribution in [3.8, 4) is 5.75 Å². The number of nitrogens with one attached hydrogen (secondary N) is 2. The lowest BCUT2D eigenvalue weighted by Gasteiger charge is -2.19. The average Bonchev–Trinajstić information content (AvgIpc) is 2.81. The Labute approximate surface area is 190 Å². The van der Waals surface area contributed by atoms with Gasteiger partial charge in [-0.05, 0) is 24.6 Å². The minimum Gasteiger partial charge on any atom is -0.487 e. The molecule has 0 saturated carbocycles. The van der Waals surface area contributed by atoms with Crippen LogP contribution in [-0.4, -0.2) is 23.3 Å². The summed E-state index contributed by atoms with van der Waals surface area (Å²) in [6.07, 6.45) is 0.114. The second-order valence-electron chi connectivity index (χ2n) is 7.07. The van der Waals surface area contributed by atoms with Crippen LogP contribution in [0.1, 0.15) is 35.4 Å². The van der Waals surface area contributed by atoms with E-state index in [0.717, 1.165) is 17.7 Å². The van der Waals surface area contributed by atoms with E-state index in [2.05, 4.69) is 10.3 Å². The van der Waals surface area contributed by atoms with Crippen LogP contribution < -0.4 is 15.8 Å². The first-order chi connectivity index (χ1) is 15.9. The van der Waals surface area contributed by atoms with E-state index in [-0.39, 0.29) is 31.3 Å². The molecule has 1 heterocycles. The van der Waals surface area contributed by atoms with Crippen molar-refractivity contribution in [3.05, 3.63) is 94.8 Å². The predicted octanol–water partition coefficient (Wildman–Crippen LogP) is 3.62. The number of hydrogen-bond acceptors (Lipinski definition) is 5. The Morgan fingerprint density at radius 1 is 1.15 bits per heavy atom. The summed E-state index contributed by atoms with van der Waals surface area (Å²) in [5.74, 6) is -2.69. The molecular weight excluding hydrogens is 430 g/mol. The summed E-state index contributed by atoms with van der Waals surface area (Å²) in [7, 11) is 0. The Kier molecular flexibility index (Phi) is 8.04. The maximum Gasteiger partial charge on any atom is 0.254 e. The van der Waals surface area contributed by atoms with Gasteiger partial charge in [-0.25, -0.2) is 8.78 Å². The van der Waals surface area contributed by atoms with Crippen LogP contribution >= 0.6 is 0 Å². The number of amides is 1. The van der Waals surface area contributed by atoms with E-state index in [0.29, 0.717) is 11.3 Å². The molecular formula is C24H24F2N4O3. The molecule has 1 aromatic heterocycles. The lowest BCUT2D eigenvalue weighted by Crippen LogP contribution is -2.31.